The van der Waals surface area contributed by atoms with Crippen molar-refractivity contribution in [3.8, 4) is 0 Å². The van der Waals surface area contributed by atoms with E-state index < -0.39 is 0 Å². The van der Waals surface area contributed by atoms with Gasteiger partial charge in [-0.15, -0.1) is 0 Å². The van der Waals surface area contributed by atoms with E-state index in [1.807, 2.05) is 0 Å². The fourth-order valence-electron chi connectivity index (χ4n) is 2.46. The van der Waals surface area contributed by atoms with E-state index in [9.17, 15) is 0 Å². The Morgan fingerprint density at radius 2 is 2.00 bits per heavy atom. The number of nitrogens with zero attached hydrogens (tertiary/aromatic N) is 1. The van der Waals surface area contributed by atoms with Crippen molar-refractivity contribution >= 4 is 5.69 Å². The molecule has 0 fully saturated rings. The average molecular weight is 278 g/mol. The summed E-state index contributed by atoms with van der Waals surface area (Å²) >= 11 is 0. The summed E-state index contributed by atoms with van der Waals surface area (Å²) in [5.41, 5.74) is 9.98. The number of methoxy groups -OCH3 is 1. The average Bonchev–Trinajstić information content (AvgIpc) is 2.40. The van der Waals surface area contributed by atoms with E-state index in [-0.39, 0.29) is 6.04 Å². The first-order chi connectivity index (χ1) is 9.49. The maximum Gasteiger partial charge on any atom is 0.0637 e. The zero-order chi connectivity index (χ0) is 15.1. The molecule has 1 rings (SSSR count). The van der Waals surface area contributed by atoms with Crippen LogP contribution in [0, 0.1) is 6.92 Å². The van der Waals surface area contributed by atoms with Gasteiger partial charge in [-0.2, -0.15) is 0 Å². The number of ether oxygens (including phenoxy) is 1. The zero-order valence-corrected chi connectivity index (χ0v) is 13.6. The zero-order valence-electron chi connectivity index (χ0n) is 13.6. The maximum absolute atomic E-state index is 6.04. The van der Waals surface area contributed by atoms with Crippen LogP contribution in [-0.4, -0.2) is 32.3 Å². The third-order valence-electron chi connectivity index (χ3n) is 3.75. The van der Waals surface area contributed by atoms with Crippen LogP contribution in [0.3, 0.4) is 0 Å². The van der Waals surface area contributed by atoms with E-state index in [0.717, 1.165) is 26.0 Å². The highest BCUT2D eigenvalue weighted by Crippen LogP contribution is 2.23. The Morgan fingerprint density at radius 1 is 1.30 bits per heavy atom. The first-order valence-electron chi connectivity index (χ1n) is 7.60. The highest BCUT2D eigenvalue weighted by molar-refractivity contribution is 5.55. The lowest BCUT2D eigenvalue weighted by Gasteiger charge is -2.30. The Kier molecular flexibility index (Phi) is 7.03. The Bertz CT molecular complexity index is 404. The Morgan fingerprint density at radius 3 is 2.50 bits per heavy atom. The molecule has 0 aromatic heterocycles. The van der Waals surface area contributed by atoms with Crippen LogP contribution < -0.4 is 10.6 Å². The largest absolute Gasteiger partial charge is 0.383 e. The molecule has 0 saturated carbocycles. The summed E-state index contributed by atoms with van der Waals surface area (Å²) in [5.74, 6) is 0. The predicted molar refractivity (Wildman–Crippen MR) is 87.5 cm³/mol. The molecule has 2 N–H and O–H groups in total. The molecule has 3 nitrogen and oxygen atoms in total. The lowest BCUT2D eigenvalue weighted by molar-refractivity contribution is 0.204. The van der Waals surface area contributed by atoms with Crippen molar-refractivity contribution in [1.29, 1.82) is 0 Å². The van der Waals surface area contributed by atoms with Crippen LogP contribution in [0.4, 0.5) is 5.69 Å². The molecule has 114 valence electrons. The van der Waals surface area contributed by atoms with Crippen LogP contribution >= 0.6 is 0 Å². The van der Waals surface area contributed by atoms with E-state index in [2.05, 4.69) is 50.8 Å². The number of aryl methyl sites for hydroxylation is 1. The van der Waals surface area contributed by atoms with Crippen molar-refractivity contribution in [2.75, 3.05) is 25.2 Å². The van der Waals surface area contributed by atoms with Gasteiger partial charge in [-0.25, -0.2) is 0 Å². The lowest BCUT2D eigenvalue weighted by atomic mass is 10.0. The SMILES string of the molecule is CCC(N)Cc1ccc(N(CCOC)C(C)C)c(C)c1. The molecule has 0 heterocycles. The topological polar surface area (TPSA) is 38.5 Å². The molecule has 0 aliphatic carbocycles. The fourth-order valence-corrected chi connectivity index (χ4v) is 2.46. The van der Waals surface area contributed by atoms with Gasteiger partial charge < -0.3 is 15.4 Å². The summed E-state index contributed by atoms with van der Waals surface area (Å²) in [5, 5.41) is 0. The van der Waals surface area contributed by atoms with Gasteiger partial charge in [0.05, 0.1) is 6.61 Å². The van der Waals surface area contributed by atoms with Crippen molar-refractivity contribution in [1.82, 2.24) is 0 Å². The van der Waals surface area contributed by atoms with Gasteiger partial charge >= 0.3 is 0 Å². The minimum absolute atomic E-state index is 0.259. The van der Waals surface area contributed by atoms with Crippen molar-refractivity contribution in [2.45, 2.75) is 52.6 Å². The number of anilines is 1. The van der Waals surface area contributed by atoms with Gasteiger partial charge in [0, 0.05) is 31.4 Å². The number of rotatable bonds is 8. The van der Waals surface area contributed by atoms with Crippen LogP contribution in [0.2, 0.25) is 0 Å². The van der Waals surface area contributed by atoms with Crippen molar-refractivity contribution < 1.29 is 4.74 Å². The summed E-state index contributed by atoms with van der Waals surface area (Å²) < 4.78 is 5.22. The molecule has 0 radical (unpaired) electrons. The van der Waals surface area contributed by atoms with Crippen LogP contribution in [0.15, 0.2) is 18.2 Å². The molecule has 1 unspecified atom stereocenters. The number of nitrogens with two attached hydrogens (primary N) is 1. The lowest BCUT2D eigenvalue weighted by Crippen LogP contribution is -2.34. The molecule has 1 atom stereocenters. The smallest absolute Gasteiger partial charge is 0.0637 e. The quantitative estimate of drug-likeness (QED) is 0.794. The number of hydrogen-bond donors (Lipinski definition) is 1. The Balaban J connectivity index is 2.89. The number of hydrogen-bond acceptors (Lipinski definition) is 3. The molecular weight excluding hydrogens is 248 g/mol. The van der Waals surface area contributed by atoms with E-state index in [1.165, 1.54) is 16.8 Å². The summed E-state index contributed by atoms with van der Waals surface area (Å²) in [4.78, 5) is 2.39. The van der Waals surface area contributed by atoms with Crippen LogP contribution in [0.5, 0.6) is 0 Å². The van der Waals surface area contributed by atoms with E-state index in [4.69, 9.17) is 10.5 Å². The summed E-state index contributed by atoms with van der Waals surface area (Å²) in [6.45, 7) is 10.4. The third kappa shape index (κ3) is 4.80. The van der Waals surface area contributed by atoms with E-state index in [1.54, 1.807) is 7.11 Å². The molecule has 0 aliphatic heterocycles. The second-order valence-corrected chi connectivity index (χ2v) is 5.77. The normalized spacial score (nSPS) is 12.8. The van der Waals surface area contributed by atoms with Crippen molar-refractivity contribution in [2.24, 2.45) is 5.73 Å². The minimum Gasteiger partial charge on any atom is -0.383 e. The van der Waals surface area contributed by atoms with Gasteiger partial charge in [0.2, 0.25) is 0 Å². The molecule has 0 spiro atoms. The third-order valence-corrected chi connectivity index (χ3v) is 3.75. The summed E-state index contributed by atoms with van der Waals surface area (Å²) in [6, 6.07) is 7.43. The van der Waals surface area contributed by atoms with Gasteiger partial charge in [-0.05, 0) is 50.8 Å². The fraction of sp³-hybridized carbons (Fsp3) is 0.647. The minimum atomic E-state index is 0.259. The molecular formula is C17H30N2O. The van der Waals surface area contributed by atoms with Crippen molar-refractivity contribution in [3.63, 3.8) is 0 Å². The second kappa shape index (κ2) is 8.28. The Hall–Kier alpha value is -1.06. The molecule has 1 aromatic carbocycles. The van der Waals surface area contributed by atoms with Gasteiger partial charge in [0.15, 0.2) is 0 Å². The highest BCUT2D eigenvalue weighted by Gasteiger charge is 2.13. The summed E-state index contributed by atoms with van der Waals surface area (Å²) in [6.07, 6.45) is 1.98. The van der Waals surface area contributed by atoms with Gasteiger partial charge in [-0.1, -0.05) is 19.1 Å². The number of benzene rings is 1. The van der Waals surface area contributed by atoms with Crippen LogP contribution in [0.25, 0.3) is 0 Å². The van der Waals surface area contributed by atoms with Crippen LogP contribution in [-0.2, 0) is 11.2 Å². The molecule has 0 bridgehead atoms. The molecule has 0 aliphatic rings. The van der Waals surface area contributed by atoms with Gasteiger partial charge in [0.1, 0.15) is 0 Å². The molecule has 3 heteroatoms. The van der Waals surface area contributed by atoms with Gasteiger partial charge in [0.25, 0.3) is 0 Å². The van der Waals surface area contributed by atoms with Crippen molar-refractivity contribution in [3.05, 3.63) is 29.3 Å². The van der Waals surface area contributed by atoms with E-state index in [0.29, 0.717) is 6.04 Å². The molecule has 0 amide bonds. The van der Waals surface area contributed by atoms with Crippen LogP contribution in [0.1, 0.15) is 38.3 Å². The Labute approximate surface area is 124 Å². The second-order valence-electron chi connectivity index (χ2n) is 5.77. The molecule has 1 aromatic rings. The predicted octanol–water partition coefficient (Wildman–Crippen LogP) is 3.14. The van der Waals surface area contributed by atoms with Gasteiger partial charge in [-0.3, -0.25) is 0 Å². The van der Waals surface area contributed by atoms with E-state index >= 15 is 0 Å². The maximum atomic E-state index is 6.04. The standard InChI is InChI=1S/C17H30N2O/c1-6-16(18)12-15-7-8-17(14(4)11-15)19(13(2)3)9-10-20-5/h7-8,11,13,16H,6,9-10,12,18H2,1-5H3. The monoisotopic (exact) mass is 278 g/mol. The summed E-state index contributed by atoms with van der Waals surface area (Å²) in [7, 11) is 1.75. The highest BCUT2D eigenvalue weighted by atomic mass is 16.5. The first-order valence-corrected chi connectivity index (χ1v) is 7.60. The molecule has 20 heavy (non-hydrogen) atoms. The molecule has 0 saturated heterocycles. The first kappa shape index (κ1) is 17.0.